The van der Waals surface area contributed by atoms with Gasteiger partial charge in [0.2, 0.25) is 0 Å². The zero-order chi connectivity index (χ0) is 23.4. The Morgan fingerprint density at radius 3 is 2.30 bits per heavy atom. The van der Waals surface area contributed by atoms with E-state index < -0.39 is 5.97 Å². The van der Waals surface area contributed by atoms with Gasteiger partial charge in [-0.25, -0.2) is 9.59 Å². The van der Waals surface area contributed by atoms with Crippen molar-refractivity contribution in [1.82, 2.24) is 14.8 Å². The maximum atomic E-state index is 12.9. The molecule has 1 spiro atoms. The maximum Gasteiger partial charge on any atom is 0.339 e. The number of ether oxygens (including phenoxy) is 2. The normalized spacial score (nSPS) is 17.0. The Bertz CT molecular complexity index is 1030. The van der Waals surface area contributed by atoms with E-state index in [1.54, 1.807) is 19.2 Å². The molecule has 2 aromatic rings. The summed E-state index contributed by atoms with van der Waals surface area (Å²) < 4.78 is 9.97. The number of carbonyl (C=O) groups is 3. The van der Waals surface area contributed by atoms with Crippen LogP contribution in [0.5, 0.6) is 5.75 Å². The van der Waals surface area contributed by atoms with Gasteiger partial charge in [0, 0.05) is 32.4 Å². The molecule has 2 saturated heterocycles. The van der Waals surface area contributed by atoms with Crippen molar-refractivity contribution in [2.75, 3.05) is 45.7 Å². The topological polar surface area (TPSA) is 101 Å². The lowest BCUT2D eigenvalue weighted by atomic mass is 9.78. The van der Waals surface area contributed by atoms with Crippen LogP contribution in [0.3, 0.4) is 0 Å². The van der Waals surface area contributed by atoms with Crippen molar-refractivity contribution in [3.05, 3.63) is 53.9 Å². The van der Waals surface area contributed by atoms with Crippen LogP contribution in [0.4, 0.5) is 10.5 Å². The van der Waals surface area contributed by atoms with E-state index in [2.05, 4.69) is 15.0 Å². The number of hydrogen-bond donors (Lipinski definition) is 1. The zero-order valence-electron chi connectivity index (χ0n) is 18.9. The highest BCUT2D eigenvalue weighted by Gasteiger charge is 2.43. The average molecular weight is 453 g/mol. The van der Waals surface area contributed by atoms with Crippen LogP contribution in [0.15, 0.2) is 42.6 Å². The summed E-state index contributed by atoms with van der Waals surface area (Å²) >= 11 is 0. The molecule has 3 heterocycles. The molecule has 4 rings (SSSR count). The van der Waals surface area contributed by atoms with Gasteiger partial charge in [-0.3, -0.25) is 9.78 Å². The molecular formula is C24H28N4O5. The second-order valence-electron chi connectivity index (χ2n) is 8.52. The summed E-state index contributed by atoms with van der Waals surface area (Å²) in [6.45, 7) is 2.57. The van der Waals surface area contributed by atoms with E-state index in [1.807, 2.05) is 34.1 Å². The number of carbonyl (C=O) groups excluding carboxylic acids is 3. The maximum absolute atomic E-state index is 12.9. The largest absolute Gasteiger partial charge is 0.495 e. The summed E-state index contributed by atoms with van der Waals surface area (Å²) in [5.74, 6) is 0.000251. The molecule has 0 unspecified atom stereocenters. The number of urea groups is 1. The van der Waals surface area contributed by atoms with Crippen molar-refractivity contribution in [2.24, 2.45) is 5.41 Å². The van der Waals surface area contributed by atoms with Gasteiger partial charge in [0.25, 0.3) is 5.91 Å². The van der Waals surface area contributed by atoms with Gasteiger partial charge >= 0.3 is 12.0 Å². The molecule has 2 aliphatic heterocycles. The summed E-state index contributed by atoms with van der Waals surface area (Å²) in [6, 6.07) is 10.3. The number of esters is 1. The second-order valence-corrected chi connectivity index (χ2v) is 8.52. The molecule has 1 aromatic carbocycles. The molecule has 1 aromatic heterocycles. The number of rotatable bonds is 4. The first-order chi connectivity index (χ1) is 15.9. The molecular weight excluding hydrogens is 424 g/mol. The van der Waals surface area contributed by atoms with E-state index in [1.165, 1.54) is 13.3 Å². The van der Waals surface area contributed by atoms with Gasteiger partial charge in [0.15, 0.2) is 0 Å². The third-order valence-corrected chi connectivity index (χ3v) is 6.59. The Hall–Kier alpha value is -3.62. The van der Waals surface area contributed by atoms with Gasteiger partial charge in [-0.15, -0.1) is 0 Å². The van der Waals surface area contributed by atoms with E-state index in [4.69, 9.17) is 4.74 Å². The van der Waals surface area contributed by atoms with E-state index in [0.717, 1.165) is 19.3 Å². The summed E-state index contributed by atoms with van der Waals surface area (Å²) in [6.07, 6.45) is 3.94. The fourth-order valence-corrected chi connectivity index (χ4v) is 4.56. The smallest absolute Gasteiger partial charge is 0.339 e. The van der Waals surface area contributed by atoms with Crippen molar-refractivity contribution < 1.29 is 23.9 Å². The molecule has 174 valence electrons. The average Bonchev–Trinajstić information content (AvgIpc) is 3.27. The highest BCUT2D eigenvalue weighted by Crippen LogP contribution is 2.41. The van der Waals surface area contributed by atoms with Crippen molar-refractivity contribution in [3.8, 4) is 5.75 Å². The van der Waals surface area contributed by atoms with Gasteiger partial charge in [-0.2, -0.15) is 0 Å². The number of aromatic nitrogens is 1. The van der Waals surface area contributed by atoms with E-state index >= 15 is 0 Å². The quantitative estimate of drug-likeness (QED) is 0.716. The monoisotopic (exact) mass is 452 g/mol. The minimum absolute atomic E-state index is 0.0167. The zero-order valence-corrected chi connectivity index (χ0v) is 18.9. The summed E-state index contributed by atoms with van der Waals surface area (Å²) in [5.41, 5.74) is 1.29. The Kier molecular flexibility index (Phi) is 6.48. The predicted molar refractivity (Wildman–Crippen MR) is 121 cm³/mol. The first-order valence-electron chi connectivity index (χ1n) is 11.0. The van der Waals surface area contributed by atoms with Crippen molar-refractivity contribution >= 4 is 23.6 Å². The van der Waals surface area contributed by atoms with Gasteiger partial charge < -0.3 is 24.6 Å². The second kappa shape index (κ2) is 9.48. The van der Waals surface area contributed by atoms with Gasteiger partial charge in [0.1, 0.15) is 11.4 Å². The third kappa shape index (κ3) is 4.76. The molecule has 2 aliphatic rings. The number of nitrogens with one attached hydrogen (secondary N) is 1. The number of nitrogens with zero attached hydrogens (tertiary/aromatic N) is 3. The molecule has 33 heavy (non-hydrogen) atoms. The van der Waals surface area contributed by atoms with E-state index in [0.29, 0.717) is 48.9 Å². The third-order valence-electron chi connectivity index (χ3n) is 6.59. The lowest BCUT2D eigenvalue weighted by Crippen LogP contribution is -2.46. The molecule has 3 amide bonds. The molecule has 9 nitrogen and oxygen atoms in total. The van der Waals surface area contributed by atoms with E-state index in [-0.39, 0.29) is 17.4 Å². The molecule has 0 saturated carbocycles. The Morgan fingerprint density at radius 1 is 0.970 bits per heavy atom. The molecule has 2 fully saturated rings. The first kappa shape index (κ1) is 22.6. The van der Waals surface area contributed by atoms with Crippen LogP contribution in [0.2, 0.25) is 0 Å². The number of methoxy groups -OCH3 is 2. The van der Waals surface area contributed by atoms with Crippen molar-refractivity contribution in [1.29, 1.82) is 0 Å². The minimum Gasteiger partial charge on any atom is -0.495 e. The number of likely N-dealkylation sites (tertiary alicyclic amines) is 2. The number of hydrogen-bond acceptors (Lipinski definition) is 6. The van der Waals surface area contributed by atoms with E-state index in [9.17, 15) is 14.4 Å². The predicted octanol–water partition coefficient (Wildman–Crippen LogP) is 3.04. The SMILES string of the molecule is COC(=O)c1ccc(C(=O)N2CCC3(CCN(C(=O)Nc4ccccc4OC)CC3)C2)nc1. The minimum atomic E-state index is -0.483. The van der Waals surface area contributed by atoms with Crippen LogP contribution >= 0.6 is 0 Å². The fraction of sp³-hybridized carbons (Fsp3) is 0.417. The number of piperidine rings is 1. The Labute approximate surface area is 192 Å². The van der Waals surface area contributed by atoms with Crippen molar-refractivity contribution in [3.63, 3.8) is 0 Å². The highest BCUT2D eigenvalue weighted by molar-refractivity contribution is 5.94. The van der Waals surface area contributed by atoms with Crippen LogP contribution in [-0.2, 0) is 4.74 Å². The molecule has 0 radical (unpaired) electrons. The van der Waals surface area contributed by atoms with Crippen LogP contribution in [0.25, 0.3) is 0 Å². The highest BCUT2D eigenvalue weighted by atomic mass is 16.5. The standard InChI is InChI=1S/C24H28N4O5/c1-32-20-6-4-3-5-18(20)26-23(31)27-12-9-24(10-13-27)11-14-28(16-24)21(29)19-8-7-17(15-25-19)22(30)33-2/h3-8,15H,9-14,16H2,1-2H3,(H,26,31). The van der Waals surface area contributed by atoms with Gasteiger partial charge in [0.05, 0.1) is 25.5 Å². The van der Waals surface area contributed by atoms with Crippen LogP contribution < -0.4 is 10.1 Å². The molecule has 0 aliphatic carbocycles. The summed E-state index contributed by atoms with van der Waals surface area (Å²) in [4.78, 5) is 45.0. The van der Waals surface area contributed by atoms with Crippen LogP contribution in [0, 0.1) is 5.41 Å². The Morgan fingerprint density at radius 2 is 1.67 bits per heavy atom. The molecule has 0 atom stereocenters. The van der Waals surface area contributed by atoms with Crippen molar-refractivity contribution in [2.45, 2.75) is 19.3 Å². The number of anilines is 1. The molecule has 0 bridgehead atoms. The Balaban J connectivity index is 1.32. The molecule has 1 N–H and O–H groups in total. The van der Waals surface area contributed by atoms with Crippen LogP contribution in [-0.4, -0.2) is 73.1 Å². The molecule has 9 heteroatoms. The van der Waals surface area contributed by atoms with Gasteiger partial charge in [-0.05, 0) is 48.9 Å². The lowest BCUT2D eigenvalue weighted by molar-refractivity contribution is 0.0599. The first-order valence-corrected chi connectivity index (χ1v) is 11.0. The van der Waals surface area contributed by atoms with Gasteiger partial charge in [-0.1, -0.05) is 12.1 Å². The summed E-state index contributed by atoms with van der Waals surface area (Å²) in [7, 11) is 2.88. The number of amides is 3. The lowest BCUT2D eigenvalue weighted by Gasteiger charge is -2.39. The fourth-order valence-electron chi connectivity index (χ4n) is 4.56. The number of pyridine rings is 1. The number of benzene rings is 1. The number of para-hydroxylation sites is 2. The van der Waals surface area contributed by atoms with Crippen LogP contribution in [0.1, 0.15) is 40.1 Å². The summed E-state index contributed by atoms with van der Waals surface area (Å²) in [5, 5.41) is 2.93.